The van der Waals surface area contributed by atoms with E-state index in [0.29, 0.717) is 39.2 Å². The van der Waals surface area contributed by atoms with Gasteiger partial charge in [-0.15, -0.1) is 10.2 Å². The van der Waals surface area contributed by atoms with Crippen LogP contribution in [0.5, 0.6) is 0 Å². The van der Waals surface area contributed by atoms with Crippen molar-refractivity contribution in [3.05, 3.63) is 53.6 Å². The van der Waals surface area contributed by atoms with Crippen molar-refractivity contribution in [3.8, 4) is 23.0 Å². The van der Waals surface area contributed by atoms with Crippen LogP contribution in [0.4, 0.5) is 0 Å². The predicted molar refractivity (Wildman–Crippen MR) is 92.2 cm³/mol. The third kappa shape index (κ3) is 3.24. The number of aromatic nitrogens is 5. The van der Waals surface area contributed by atoms with Gasteiger partial charge in [-0.1, -0.05) is 40.7 Å². The molecule has 8 nitrogen and oxygen atoms in total. The number of rotatable bonds is 5. The first kappa shape index (κ1) is 15.7. The molecule has 0 fully saturated rings. The van der Waals surface area contributed by atoms with Crippen LogP contribution in [-0.2, 0) is 5.75 Å². The summed E-state index contributed by atoms with van der Waals surface area (Å²) in [7, 11) is 0. The Morgan fingerprint density at radius 3 is 2.92 bits per heavy atom. The first-order chi connectivity index (χ1) is 12.2. The molecule has 0 saturated carbocycles. The Labute approximate surface area is 151 Å². The molecule has 1 aromatic carbocycles. The summed E-state index contributed by atoms with van der Waals surface area (Å²) in [5.74, 6) is 8.31. The Kier molecular flexibility index (Phi) is 4.16. The first-order valence-corrected chi connectivity index (χ1v) is 8.53. The Balaban J connectivity index is 1.48. The highest BCUT2D eigenvalue weighted by Crippen LogP contribution is 2.25. The summed E-state index contributed by atoms with van der Waals surface area (Å²) in [5, 5.41) is 13.2. The van der Waals surface area contributed by atoms with Crippen LogP contribution >= 0.6 is 23.4 Å². The summed E-state index contributed by atoms with van der Waals surface area (Å²) in [5.41, 5.74) is 0.787. The Morgan fingerprint density at radius 1 is 1.20 bits per heavy atom. The zero-order valence-corrected chi connectivity index (χ0v) is 14.2. The first-order valence-electron chi connectivity index (χ1n) is 7.16. The topological polar surface area (TPSA) is 109 Å². The average Bonchev–Trinajstić information content (AvgIpc) is 3.34. The smallest absolute Gasteiger partial charge is 0.237 e. The summed E-state index contributed by atoms with van der Waals surface area (Å²) in [4.78, 5) is 4.35. The normalized spacial score (nSPS) is 11.1. The van der Waals surface area contributed by atoms with Crippen molar-refractivity contribution in [2.45, 2.75) is 10.9 Å². The van der Waals surface area contributed by atoms with E-state index >= 15 is 0 Å². The summed E-state index contributed by atoms with van der Waals surface area (Å²) in [6.45, 7) is 0. The number of nitrogens with zero attached hydrogens (tertiary/aromatic N) is 5. The molecule has 0 amide bonds. The molecule has 3 heterocycles. The molecular weight excluding hydrogens is 364 g/mol. The fourth-order valence-electron chi connectivity index (χ4n) is 2.13. The molecule has 2 N–H and O–H groups in total. The van der Waals surface area contributed by atoms with Gasteiger partial charge in [0.2, 0.25) is 22.7 Å². The second kappa shape index (κ2) is 6.61. The zero-order valence-electron chi connectivity index (χ0n) is 12.7. The molecule has 4 aromatic rings. The zero-order chi connectivity index (χ0) is 17.2. The van der Waals surface area contributed by atoms with Crippen LogP contribution in [-0.4, -0.2) is 25.0 Å². The van der Waals surface area contributed by atoms with E-state index in [1.165, 1.54) is 16.4 Å². The number of hydrogen-bond donors (Lipinski definition) is 1. The van der Waals surface area contributed by atoms with Crippen LogP contribution in [0.2, 0.25) is 5.02 Å². The molecule has 10 heteroatoms. The summed E-state index contributed by atoms with van der Waals surface area (Å²) in [6, 6.07) is 10.8. The molecule has 25 heavy (non-hydrogen) atoms. The molecular formula is C15H11ClN6O2S. The number of halogens is 1. The lowest BCUT2D eigenvalue weighted by atomic mass is 10.2. The van der Waals surface area contributed by atoms with Crippen molar-refractivity contribution in [1.82, 2.24) is 25.0 Å². The summed E-state index contributed by atoms with van der Waals surface area (Å²) < 4.78 is 11.9. The van der Waals surface area contributed by atoms with E-state index < -0.39 is 0 Å². The van der Waals surface area contributed by atoms with E-state index in [2.05, 4.69) is 20.3 Å². The molecule has 0 aliphatic rings. The molecule has 4 rings (SSSR count). The minimum Gasteiger partial charge on any atom is -0.461 e. The predicted octanol–water partition coefficient (Wildman–Crippen LogP) is 3.25. The molecule has 0 bridgehead atoms. The molecule has 126 valence electrons. The van der Waals surface area contributed by atoms with Gasteiger partial charge in [-0.05, 0) is 24.3 Å². The Bertz CT molecular complexity index is 997. The van der Waals surface area contributed by atoms with Crippen molar-refractivity contribution < 1.29 is 8.94 Å². The lowest BCUT2D eigenvalue weighted by Gasteiger charge is -1.99. The van der Waals surface area contributed by atoms with Gasteiger partial charge in [0, 0.05) is 10.6 Å². The third-order valence-electron chi connectivity index (χ3n) is 3.28. The monoisotopic (exact) mass is 374 g/mol. The second-order valence-corrected chi connectivity index (χ2v) is 6.34. The second-order valence-electron chi connectivity index (χ2n) is 4.96. The maximum atomic E-state index is 6.00. The number of hydrogen-bond acceptors (Lipinski definition) is 8. The number of furan rings is 1. The van der Waals surface area contributed by atoms with Gasteiger partial charge in [-0.25, -0.2) is 4.68 Å². The number of thioether (sulfide) groups is 1. The maximum Gasteiger partial charge on any atom is 0.237 e. The minimum atomic E-state index is 0.404. The summed E-state index contributed by atoms with van der Waals surface area (Å²) >= 11 is 7.31. The number of nitrogens with two attached hydrogens (primary N) is 1. The van der Waals surface area contributed by atoms with Crippen LogP contribution in [0.3, 0.4) is 0 Å². The molecule has 3 aromatic heterocycles. The van der Waals surface area contributed by atoms with E-state index in [1.54, 1.807) is 30.5 Å². The largest absolute Gasteiger partial charge is 0.461 e. The van der Waals surface area contributed by atoms with Gasteiger partial charge < -0.3 is 14.8 Å². The van der Waals surface area contributed by atoms with Crippen molar-refractivity contribution in [2.75, 3.05) is 5.84 Å². The quantitative estimate of drug-likeness (QED) is 0.419. The van der Waals surface area contributed by atoms with Gasteiger partial charge in [0.1, 0.15) is 0 Å². The van der Waals surface area contributed by atoms with Crippen LogP contribution in [0.25, 0.3) is 23.0 Å². The number of benzene rings is 1. The molecule has 0 aliphatic heterocycles. The molecule has 0 radical (unpaired) electrons. The molecule has 0 aliphatic carbocycles. The van der Waals surface area contributed by atoms with Gasteiger partial charge >= 0.3 is 0 Å². The highest BCUT2D eigenvalue weighted by Gasteiger charge is 2.16. The fraction of sp³-hybridized carbons (Fsp3) is 0.0667. The standard InChI is InChI=1S/C15H11ClN6O2S/c16-10-4-1-3-9(7-10)13-18-12(24-21-13)8-25-15-20-19-14(22(15)17)11-5-2-6-23-11/h1-7H,8,17H2. The van der Waals surface area contributed by atoms with E-state index in [1.807, 2.05) is 12.1 Å². The Hall–Kier alpha value is -2.78. The lowest BCUT2D eigenvalue weighted by Crippen LogP contribution is -2.11. The summed E-state index contributed by atoms with van der Waals surface area (Å²) in [6.07, 6.45) is 1.55. The minimum absolute atomic E-state index is 0.404. The van der Waals surface area contributed by atoms with E-state index in [0.717, 1.165) is 5.56 Å². The van der Waals surface area contributed by atoms with Gasteiger partial charge in [-0.3, -0.25) is 0 Å². The van der Waals surface area contributed by atoms with E-state index in [-0.39, 0.29) is 0 Å². The highest BCUT2D eigenvalue weighted by atomic mass is 35.5. The Morgan fingerprint density at radius 2 is 2.12 bits per heavy atom. The van der Waals surface area contributed by atoms with Gasteiger partial charge in [0.25, 0.3) is 0 Å². The highest BCUT2D eigenvalue weighted by molar-refractivity contribution is 7.98. The van der Waals surface area contributed by atoms with Crippen LogP contribution < -0.4 is 5.84 Å². The maximum absolute atomic E-state index is 6.00. The van der Waals surface area contributed by atoms with Gasteiger partial charge in [-0.2, -0.15) is 4.98 Å². The van der Waals surface area contributed by atoms with E-state index in [4.69, 9.17) is 26.4 Å². The molecule has 0 saturated heterocycles. The average molecular weight is 375 g/mol. The van der Waals surface area contributed by atoms with E-state index in [9.17, 15) is 0 Å². The SMILES string of the molecule is Nn1c(SCc2nc(-c3cccc(Cl)c3)no2)nnc1-c1ccco1. The van der Waals surface area contributed by atoms with Crippen molar-refractivity contribution in [1.29, 1.82) is 0 Å². The van der Waals surface area contributed by atoms with Crippen LogP contribution in [0.15, 0.2) is 56.8 Å². The lowest BCUT2D eigenvalue weighted by molar-refractivity contribution is 0.391. The van der Waals surface area contributed by atoms with Gasteiger partial charge in [0.15, 0.2) is 5.76 Å². The molecule has 0 spiro atoms. The third-order valence-corrected chi connectivity index (χ3v) is 4.44. The van der Waals surface area contributed by atoms with Crippen LogP contribution in [0.1, 0.15) is 5.89 Å². The van der Waals surface area contributed by atoms with Crippen molar-refractivity contribution in [2.24, 2.45) is 0 Å². The molecule has 0 atom stereocenters. The van der Waals surface area contributed by atoms with Crippen molar-refractivity contribution >= 4 is 23.4 Å². The van der Waals surface area contributed by atoms with Crippen LogP contribution in [0, 0.1) is 0 Å². The molecule has 0 unspecified atom stereocenters. The fourth-order valence-corrected chi connectivity index (χ4v) is 3.02. The number of nitrogen functional groups attached to an aromatic ring is 1. The van der Waals surface area contributed by atoms with Crippen molar-refractivity contribution in [3.63, 3.8) is 0 Å². The van der Waals surface area contributed by atoms with Gasteiger partial charge in [0.05, 0.1) is 12.0 Å².